The van der Waals surface area contributed by atoms with Crippen molar-refractivity contribution in [3.63, 3.8) is 0 Å². The maximum atomic E-state index is 13.9. The molecule has 0 amide bonds. The standard InChI is InChI=1S/C15H15F5N3/c1-3-7(2)8-4-5-9-21-23(6-22(8)9)15-13(19)11(17)10(16)12(18)14(15)20/h6-8H,3-5H2,1-2H3/q+1/t7-,8+/m0/s1. The number of halogens is 5. The Morgan fingerprint density at radius 2 is 1.70 bits per heavy atom. The first-order valence-corrected chi connectivity index (χ1v) is 7.38. The number of aromatic nitrogens is 3. The van der Waals surface area contributed by atoms with E-state index in [1.807, 2.05) is 13.8 Å². The van der Waals surface area contributed by atoms with E-state index >= 15 is 0 Å². The summed E-state index contributed by atoms with van der Waals surface area (Å²) < 4.78 is 70.1. The summed E-state index contributed by atoms with van der Waals surface area (Å²) in [4.78, 5) is 0. The minimum Gasteiger partial charge on any atom is -0.231 e. The predicted octanol–water partition coefficient (Wildman–Crippen LogP) is 3.39. The van der Waals surface area contributed by atoms with Gasteiger partial charge in [-0.1, -0.05) is 25.0 Å². The average molecular weight is 332 g/mol. The molecule has 124 valence electrons. The van der Waals surface area contributed by atoms with Gasteiger partial charge in [-0.2, -0.15) is 8.78 Å². The molecule has 1 aliphatic heterocycles. The molecule has 0 spiro atoms. The van der Waals surface area contributed by atoms with Crippen LogP contribution in [0.1, 0.15) is 38.6 Å². The summed E-state index contributed by atoms with van der Waals surface area (Å²) in [6.07, 6.45) is 3.65. The van der Waals surface area contributed by atoms with E-state index < -0.39 is 34.8 Å². The summed E-state index contributed by atoms with van der Waals surface area (Å²) in [5.41, 5.74) is -1.05. The van der Waals surface area contributed by atoms with Crippen molar-refractivity contribution in [2.45, 2.75) is 39.2 Å². The lowest BCUT2D eigenvalue weighted by Crippen LogP contribution is -2.39. The van der Waals surface area contributed by atoms with Gasteiger partial charge in [-0.15, -0.1) is 0 Å². The molecule has 0 fully saturated rings. The van der Waals surface area contributed by atoms with Gasteiger partial charge in [-0.25, -0.2) is 17.7 Å². The van der Waals surface area contributed by atoms with Gasteiger partial charge in [0.1, 0.15) is 0 Å². The van der Waals surface area contributed by atoms with Gasteiger partial charge in [0, 0.05) is 11.5 Å². The monoisotopic (exact) mass is 332 g/mol. The van der Waals surface area contributed by atoms with Crippen molar-refractivity contribution >= 4 is 0 Å². The van der Waals surface area contributed by atoms with Crippen LogP contribution >= 0.6 is 0 Å². The lowest BCUT2D eigenvalue weighted by atomic mass is 9.97. The van der Waals surface area contributed by atoms with Crippen molar-refractivity contribution in [2.75, 3.05) is 0 Å². The molecule has 1 aliphatic rings. The summed E-state index contributed by atoms with van der Waals surface area (Å²) in [6.45, 7) is 4.07. The zero-order chi connectivity index (χ0) is 16.9. The first-order valence-electron chi connectivity index (χ1n) is 7.38. The van der Waals surface area contributed by atoms with Crippen LogP contribution in [0.15, 0.2) is 6.33 Å². The second kappa shape index (κ2) is 5.58. The number of fused-ring (bicyclic) bond motifs is 1. The third-order valence-electron chi connectivity index (χ3n) is 4.49. The second-order valence-electron chi connectivity index (χ2n) is 5.79. The van der Waals surface area contributed by atoms with E-state index in [0.29, 0.717) is 18.2 Å². The number of nitrogens with zero attached hydrogens (tertiary/aromatic N) is 3. The predicted molar refractivity (Wildman–Crippen MR) is 70.4 cm³/mol. The van der Waals surface area contributed by atoms with E-state index in [-0.39, 0.29) is 6.04 Å². The summed E-state index contributed by atoms with van der Waals surface area (Å²) in [5, 5.41) is 4.01. The molecule has 0 N–H and O–H groups in total. The number of aryl methyl sites for hydroxylation is 1. The van der Waals surface area contributed by atoms with Crippen LogP contribution in [0.3, 0.4) is 0 Å². The Morgan fingerprint density at radius 1 is 1.13 bits per heavy atom. The first kappa shape index (κ1) is 15.9. The van der Waals surface area contributed by atoms with Crippen molar-refractivity contribution in [1.29, 1.82) is 0 Å². The smallest absolute Gasteiger partial charge is 0.231 e. The van der Waals surface area contributed by atoms with E-state index in [2.05, 4.69) is 5.10 Å². The molecule has 1 aromatic carbocycles. The van der Waals surface area contributed by atoms with Gasteiger partial charge >= 0.3 is 0 Å². The molecule has 3 rings (SSSR count). The lowest BCUT2D eigenvalue weighted by Gasteiger charge is -2.15. The third-order valence-corrected chi connectivity index (χ3v) is 4.49. The fourth-order valence-electron chi connectivity index (χ4n) is 2.99. The maximum Gasteiger partial charge on any atom is 0.278 e. The van der Waals surface area contributed by atoms with Gasteiger partial charge in [0.25, 0.3) is 5.82 Å². The Morgan fingerprint density at radius 3 is 2.26 bits per heavy atom. The van der Waals surface area contributed by atoms with E-state index in [4.69, 9.17) is 0 Å². The molecule has 0 saturated heterocycles. The van der Waals surface area contributed by atoms with Gasteiger partial charge in [-0.05, 0) is 12.3 Å². The van der Waals surface area contributed by atoms with Crippen molar-refractivity contribution in [3.8, 4) is 5.69 Å². The van der Waals surface area contributed by atoms with Crippen LogP contribution in [0.5, 0.6) is 0 Å². The molecule has 2 aromatic rings. The van der Waals surface area contributed by atoms with Crippen molar-refractivity contribution in [2.24, 2.45) is 5.92 Å². The zero-order valence-corrected chi connectivity index (χ0v) is 12.6. The van der Waals surface area contributed by atoms with Gasteiger partial charge < -0.3 is 0 Å². The molecule has 23 heavy (non-hydrogen) atoms. The third kappa shape index (κ3) is 2.31. The van der Waals surface area contributed by atoms with Crippen molar-refractivity contribution in [3.05, 3.63) is 41.2 Å². The van der Waals surface area contributed by atoms with E-state index in [0.717, 1.165) is 17.5 Å². The number of hydrogen-bond donors (Lipinski definition) is 0. The largest absolute Gasteiger partial charge is 0.278 e. The molecular formula is C15H15F5N3+. The molecule has 0 radical (unpaired) electrons. The molecule has 2 heterocycles. The number of hydrogen-bond acceptors (Lipinski definition) is 1. The Kier molecular flexibility index (Phi) is 3.85. The molecule has 0 saturated carbocycles. The summed E-state index contributed by atoms with van der Waals surface area (Å²) in [7, 11) is 0. The minimum atomic E-state index is -2.17. The minimum absolute atomic E-state index is 0.102. The lowest BCUT2D eigenvalue weighted by molar-refractivity contribution is -0.723. The summed E-state index contributed by atoms with van der Waals surface area (Å²) in [6, 6.07) is 0.102. The van der Waals surface area contributed by atoms with E-state index in [1.54, 1.807) is 4.57 Å². The van der Waals surface area contributed by atoms with Gasteiger partial charge in [0.2, 0.25) is 41.1 Å². The Balaban J connectivity index is 2.13. The molecule has 0 bridgehead atoms. The van der Waals surface area contributed by atoms with Crippen LogP contribution in [0.4, 0.5) is 22.0 Å². The average Bonchev–Trinajstić information content (AvgIpc) is 3.11. The Hall–Kier alpha value is -1.99. The van der Waals surface area contributed by atoms with Gasteiger partial charge in [-0.3, -0.25) is 0 Å². The van der Waals surface area contributed by atoms with Crippen LogP contribution in [0, 0.1) is 35.0 Å². The number of rotatable bonds is 3. The zero-order valence-electron chi connectivity index (χ0n) is 12.6. The fraction of sp³-hybridized carbons (Fsp3) is 0.467. The topological polar surface area (TPSA) is 21.7 Å². The van der Waals surface area contributed by atoms with Crippen LogP contribution in [0.2, 0.25) is 0 Å². The summed E-state index contributed by atoms with van der Waals surface area (Å²) in [5.74, 6) is -9.01. The van der Waals surface area contributed by atoms with Crippen LogP contribution in [-0.2, 0) is 6.42 Å². The molecule has 2 atom stereocenters. The molecular weight excluding hydrogens is 317 g/mol. The van der Waals surface area contributed by atoms with Gasteiger partial charge in [0.05, 0.1) is 6.04 Å². The highest BCUT2D eigenvalue weighted by Crippen LogP contribution is 2.29. The maximum absolute atomic E-state index is 13.9. The molecule has 0 unspecified atom stereocenters. The van der Waals surface area contributed by atoms with E-state index in [9.17, 15) is 22.0 Å². The normalized spacial score (nSPS) is 18.3. The molecule has 8 heteroatoms. The Labute approximate surface area is 129 Å². The van der Waals surface area contributed by atoms with Crippen molar-refractivity contribution < 1.29 is 26.5 Å². The van der Waals surface area contributed by atoms with Crippen molar-refractivity contribution in [1.82, 2.24) is 9.78 Å². The first-order chi connectivity index (χ1) is 10.9. The number of benzene rings is 1. The molecule has 1 aromatic heterocycles. The van der Waals surface area contributed by atoms with Crippen LogP contribution < -0.4 is 4.57 Å². The second-order valence-corrected chi connectivity index (χ2v) is 5.79. The quantitative estimate of drug-likeness (QED) is 0.365. The van der Waals surface area contributed by atoms with Crippen LogP contribution in [0.25, 0.3) is 5.69 Å². The highest BCUT2D eigenvalue weighted by Gasteiger charge is 2.37. The van der Waals surface area contributed by atoms with Gasteiger partial charge in [0.15, 0.2) is 0 Å². The Bertz CT molecular complexity index is 742. The van der Waals surface area contributed by atoms with E-state index in [1.165, 1.54) is 6.33 Å². The molecule has 0 aliphatic carbocycles. The van der Waals surface area contributed by atoms with Crippen LogP contribution in [-0.4, -0.2) is 9.78 Å². The highest BCUT2D eigenvalue weighted by atomic mass is 19.2. The highest BCUT2D eigenvalue weighted by molar-refractivity contribution is 5.36. The fourth-order valence-corrected chi connectivity index (χ4v) is 2.99. The molecule has 3 nitrogen and oxygen atoms in total. The SMILES string of the molecule is CC[C@H](C)[C@H]1CCc2nn(-c3c(F)c(F)c(F)c(F)c3F)c[n+]21. The summed E-state index contributed by atoms with van der Waals surface area (Å²) >= 11 is 0.